The third-order valence-electron chi connectivity index (χ3n) is 3.97. The number of para-hydroxylation sites is 1. The average Bonchev–Trinajstić information content (AvgIpc) is 2.94. The molecule has 0 amide bonds. The number of hydrogen-bond acceptors (Lipinski definition) is 3. The van der Waals surface area contributed by atoms with Crippen molar-refractivity contribution >= 4 is 11.2 Å². The molecule has 0 radical (unpaired) electrons. The summed E-state index contributed by atoms with van der Waals surface area (Å²) in [6, 6.07) is 9.44. The Hall–Kier alpha value is -2.43. The van der Waals surface area contributed by atoms with E-state index in [4.69, 9.17) is 0 Å². The minimum atomic E-state index is -0.152. The monoisotopic (exact) mass is 282 g/mol. The predicted molar refractivity (Wildman–Crippen MR) is 82.8 cm³/mol. The van der Waals surface area contributed by atoms with Crippen LogP contribution in [0.25, 0.3) is 16.9 Å². The van der Waals surface area contributed by atoms with Gasteiger partial charge < -0.3 is 4.98 Å². The van der Waals surface area contributed by atoms with Gasteiger partial charge in [0.25, 0.3) is 5.56 Å². The molecule has 0 aliphatic rings. The Morgan fingerprint density at radius 3 is 2.62 bits per heavy atom. The Balaban J connectivity index is 2.20. The van der Waals surface area contributed by atoms with Crippen LogP contribution in [0.1, 0.15) is 33.0 Å². The van der Waals surface area contributed by atoms with Crippen LogP contribution in [0.3, 0.4) is 0 Å². The number of H-pyrrole nitrogens is 1. The second kappa shape index (κ2) is 4.84. The van der Waals surface area contributed by atoms with Gasteiger partial charge in [-0.1, -0.05) is 39.0 Å². The van der Waals surface area contributed by atoms with Gasteiger partial charge in [0, 0.05) is 5.41 Å². The number of hydrogen-bond donors (Lipinski definition) is 1. The van der Waals surface area contributed by atoms with Crippen molar-refractivity contribution in [1.29, 1.82) is 0 Å². The predicted octanol–water partition coefficient (Wildman–Crippen LogP) is 2.80. The van der Waals surface area contributed by atoms with Crippen LogP contribution in [0.2, 0.25) is 0 Å². The van der Waals surface area contributed by atoms with Crippen LogP contribution in [0.5, 0.6) is 0 Å². The molecular formula is C16H18N4O. The molecule has 0 atom stereocenters. The molecule has 1 N–H and O–H groups in total. The van der Waals surface area contributed by atoms with Crippen molar-refractivity contribution in [3.8, 4) is 5.69 Å². The number of fused-ring (bicyclic) bond motifs is 1. The van der Waals surface area contributed by atoms with E-state index < -0.39 is 0 Å². The van der Waals surface area contributed by atoms with Crippen molar-refractivity contribution in [3.63, 3.8) is 0 Å². The van der Waals surface area contributed by atoms with Crippen LogP contribution in [0, 0.1) is 0 Å². The number of benzene rings is 1. The van der Waals surface area contributed by atoms with E-state index >= 15 is 0 Å². The molecule has 0 aliphatic heterocycles. The summed E-state index contributed by atoms with van der Waals surface area (Å²) in [7, 11) is 0. The van der Waals surface area contributed by atoms with Crippen molar-refractivity contribution in [2.75, 3.05) is 0 Å². The van der Waals surface area contributed by atoms with Crippen molar-refractivity contribution in [2.24, 2.45) is 0 Å². The van der Waals surface area contributed by atoms with Gasteiger partial charge in [-0.15, -0.1) is 0 Å². The van der Waals surface area contributed by atoms with Crippen molar-refractivity contribution < 1.29 is 0 Å². The van der Waals surface area contributed by atoms with E-state index in [0.717, 1.165) is 17.9 Å². The first-order valence-corrected chi connectivity index (χ1v) is 7.06. The van der Waals surface area contributed by atoms with E-state index in [1.807, 2.05) is 30.3 Å². The lowest BCUT2D eigenvalue weighted by atomic mass is 9.90. The van der Waals surface area contributed by atoms with Gasteiger partial charge in [0.05, 0.1) is 5.69 Å². The highest BCUT2D eigenvalue weighted by Crippen LogP contribution is 2.24. The topological polar surface area (TPSA) is 63.6 Å². The molecule has 0 aliphatic carbocycles. The van der Waals surface area contributed by atoms with Gasteiger partial charge >= 0.3 is 0 Å². The van der Waals surface area contributed by atoms with Crippen LogP contribution in [-0.4, -0.2) is 19.5 Å². The zero-order chi connectivity index (χ0) is 15.0. The number of nitrogens with zero attached hydrogens (tertiary/aromatic N) is 3. The van der Waals surface area contributed by atoms with Gasteiger partial charge in [-0.05, 0) is 18.6 Å². The van der Waals surface area contributed by atoms with E-state index in [0.29, 0.717) is 11.2 Å². The zero-order valence-corrected chi connectivity index (χ0v) is 12.4. The average molecular weight is 282 g/mol. The van der Waals surface area contributed by atoms with Gasteiger partial charge in [0.1, 0.15) is 12.2 Å². The summed E-state index contributed by atoms with van der Waals surface area (Å²) in [4.78, 5) is 24.6. The molecule has 2 heterocycles. The van der Waals surface area contributed by atoms with Gasteiger partial charge in [0.15, 0.2) is 11.2 Å². The van der Waals surface area contributed by atoms with E-state index in [-0.39, 0.29) is 11.0 Å². The van der Waals surface area contributed by atoms with E-state index in [1.54, 1.807) is 6.33 Å². The fourth-order valence-electron chi connectivity index (χ4n) is 2.15. The van der Waals surface area contributed by atoms with E-state index in [1.165, 1.54) is 4.57 Å². The van der Waals surface area contributed by atoms with Crippen LogP contribution < -0.4 is 5.56 Å². The van der Waals surface area contributed by atoms with Crippen molar-refractivity contribution in [3.05, 3.63) is 52.8 Å². The highest BCUT2D eigenvalue weighted by Gasteiger charge is 2.23. The summed E-state index contributed by atoms with van der Waals surface area (Å²) in [5, 5.41) is 0. The van der Waals surface area contributed by atoms with Crippen molar-refractivity contribution in [1.82, 2.24) is 19.5 Å². The summed E-state index contributed by atoms with van der Waals surface area (Å²) in [6.45, 7) is 6.30. The molecule has 21 heavy (non-hydrogen) atoms. The minimum absolute atomic E-state index is 0.106. The molecule has 0 fully saturated rings. The van der Waals surface area contributed by atoms with Crippen LogP contribution >= 0.6 is 0 Å². The molecule has 108 valence electrons. The summed E-state index contributed by atoms with van der Waals surface area (Å²) < 4.78 is 1.52. The van der Waals surface area contributed by atoms with E-state index in [2.05, 4.69) is 35.7 Å². The fourth-order valence-corrected chi connectivity index (χ4v) is 2.15. The zero-order valence-electron chi connectivity index (χ0n) is 12.4. The lowest BCUT2D eigenvalue weighted by Crippen LogP contribution is -2.19. The Bertz CT molecular complexity index is 830. The summed E-state index contributed by atoms with van der Waals surface area (Å²) in [6.07, 6.45) is 2.47. The summed E-state index contributed by atoms with van der Waals surface area (Å²) >= 11 is 0. The Morgan fingerprint density at radius 1 is 1.24 bits per heavy atom. The second-order valence-electron chi connectivity index (χ2n) is 5.78. The fraction of sp³-hybridized carbons (Fsp3) is 0.312. The SMILES string of the molecule is CCC(C)(C)c1nc2c(=O)n(-c3ccccc3)cnc2[nH]1. The highest BCUT2D eigenvalue weighted by molar-refractivity contribution is 5.69. The normalized spacial score (nSPS) is 12.0. The van der Waals surface area contributed by atoms with Crippen molar-refractivity contribution in [2.45, 2.75) is 32.6 Å². The maximum atomic E-state index is 12.6. The molecule has 2 aromatic heterocycles. The maximum absolute atomic E-state index is 12.6. The quantitative estimate of drug-likeness (QED) is 0.803. The van der Waals surface area contributed by atoms with Gasteiger partial charge in [-0.3, -0.25) is 9.36 Å². The molecule has 0 bridgehead atoms. The minimum Gasteiger partial charge on any atom is -0.326 e. The van der Waals surface area contributed by atoms with Gasteiger partial charge in [-0.2, -0.15) is 0 Å². The number of imidazole rings is 1. The molecule has 3 aromatic rings. The number of aromatic nitrogens is 4. The van der Waals surface area contributed by atoms with Gasteiger partial charge in [0.2, 0.25) is 0 Å². The number of aromatic amines is 1. The summed E-state index contributed by atoms with van der Waals surface area (Å²) in [5.41, 5.74) is 1.46. The second-order valence-corrected chi connectivity index (χ2v) is 5.78. The molecule has 5 nitrogen and oxygen atoms in total. The molecule has 1 aromatic carbocycles. The van der Waals surface area contributed by atoms with Crippen LogP contribution in [0.4, 0.5) is 0 Å². The highest BCUT2D eigenvalue weighted by atomic mass is 16.1. The largest absolute Gasteiger partial charge is 0.326 e. The first-order valence-electron chi connectivity index (χ1n) is 7.06. The lowest BCUT2D eigenvalue weighted by molar-refractivity contribution is 0.479. The number of rotatable bonds is 3. The first kappa shape index (κ1) is 13.5. The Kier molecular flexibility index (Phi) is 3.12. The van der Waals surface area contributed by atoms with E-state index in [9.17, 15) is 4.79 Å². The standard InChI is InChI=1S/C16H18N4O/c1-4-16(2,3)15-18-12-13(19-15)17-10-20(14(12)21)11-8-6-5-7-9-11/h5-10H,4H2,1-3H3,(H,18,19). The molecule has 0 unspecified atom stereocenters. The molecule has 0 saturated carbocycles. The third kappa shape index (κ3) is 2.24. The molecule has 0 spiro atoms. The van der Waals surface area contributed by atoms with Crippen LogP contribution in [0.15, 0.2) is 41.5 Å². The lowest BCUT2D eigenvalue weighted by Gasteiger charge is -2.18. The van der Waals surface area contributed by atoms with Gasteiger partial charge in [-0.25, -0.2) is 9.97 Å². The number of nitrogens with one attached hydrogen (secondary N) is 1. The first-order chi connectivity index (χ1) is 10.0. The van der Waals surface area contributed by atoms with Crippen LogP contribution in [-0.2, 0) is 5.41 Å². The summed E-state index contributed by atoms with van der Waals surface area (Å²) in [5.74, 6) is 0.801. The molecule has 5 heteroatoms. The smallest absolute Gasteiger partial charge is 0.286 e. The Labute approximate surface area is 122 Å². The maximum Gasteiger partial charge on any atom is 0.286 e. The third-order valence-corrected chi connectivity index (χ3v) is 3.97. The molecule has 3 rings (SSSR count). The molecule has 0 saturated heterocycles. The molecular weight excluding hydrogens is 264 g/mol. The Morgan fingerprint density at radius 2 is 1.95 bits per heavy atom.